The summed E-state index contributed by atoms with van der Waals surface area (Å²) < 4.78 is 5.41. The molecule has 0 bridgehead atoms. The topological polar surface area (TPSA) is 64.3 Å². The number of aryl methyl sites for hydroxylation is 2. The van der Waals surface area contributed by atoms with E-state index in [1.807, 2.05) is 6.92 Å². The van der Waals surface area contributed by atoms with Gasteiger partial charge in [-0.1, -0.05) is 6.92 Å². The quantitative estimate of drug-likeness (QED) is 0.868. The number of rotatable bonds is 5. The van der Waals surface area contributed by atoms with Crippen LogP contribution in [0.1, 0.15) is 37.3 Å². The number of nitrogens with one attached hydrogen (secondary N) is 1. The highest BCUT2D eigenvalue weighted by molar-refractivity contribution is 5.94. The third-order valence-electron chi connectivity index (χ3n) is 3.97. The Hall–Kier alpha value is -1.55. The molecule has 2 rings (SSSR count). The van der Waals surface area contributed by atoms with Gasteiger partial charge in [-0.3, -0.25) is 4.79 Å². The molecule has 0 saturated carbocycles. The van der Waals surface area contributed by atoms with Crippen LogP contribution >= 0.6 is 0 Å². The minimum atomic E-state index is -0.0826. The highest BCUT2D eigenvalue weighted by Gasteiger charge is 2.17. The standard InChI is InChI=1S/C16H24N2O2/c1-11(7-8-17)16(19)18-14-9-12-5-3-4-6-13(12)10-15(14)20-2/h9-11H,3-8,17H2,1-2H3,(H,18,19)/t11-/m0/s1. The first-order valence-electron chi connectivity index (χ1n) is 7.36. The summed E-state index contributed by atoms with van der Waals surface area (Å²) in [6.45, 7) is 2.42. The van der Waals surface area contributed by atoms with Gasteiger partial charge in [-0.15, -0.1) is 0 Å². The van der Waals surface area contributed by atoms with Gasteiger partial charge in [0.2, 0.25) is 5.91 Å². The number of anilines is 1. The Balaban J connectivity index is 2.20. The number of hydrogen-bond donors (Lipinski definition) is 2. The maximum Gasteiger partial charge on any atom is 0.227 e. The summed E-state index contributed by atoms with van der Waals surface area (Å²) in [5.74, 6) is 0.671. The number of nitrogens with two attached hydrogens (primary N) is 1. The molecule has 1 aromatic carbocycles. The van der Waals surface area contributed by atoms with Gasteiger partial charge < -0.3 is 15.8 Å². The van der Waals surface area contributed by atoms with E-state index in [0.29, 0.717) is 13.0 Å². The maximum absolute atomic E-state index is 12.1. The van der Waals surface area contributed by atoms with Crippen molar-refractivity contribution in [2.24, 2.45) is 11.7 Å². The predicted molar refractivity (Wildman–Crippen MR) is 81.1 cm³/mol. The Morgan fingerprint density at radius 2 is 2.00 bits per heavy atom. The van der Waals surface area contributed by atoms with E-state index in [-0.39, 0.29) is 11.8 Å². The molecule has 0 aromatic heterocycles. The van der Waals surface area contributed by atoms with Gasteiger partial charge in [0.05, 0.1) is 12.8 Å². The fourth-order valence-corrected chi connectivity index (χ4v) is 2.67. The Labute approximate surface area is 120 Å². The first-order valence-corrected chi connectivity index (χ1v) is 7.36. The molecule has 110 valence electrons. The van der Waals surface area contributed by atoms with Gasteiger partial charge in [0.15, 0.2) is 0 Å². The molecule has 20 heavy (non-hydrogen) atoms. The maximum atomic E-state index is 12.1. The molecule has 3 N–H and O–H groups in total. The first-order chi connectivity index (χ1) is 9.65. The van der Waals surface area contributed by atoms with Crippen LogP contribution in [0.5, 0.6) is 5.75 Å². The molecule has 4 heteroatoms. The molecule has 0 spiro atoms. The third kappa shape index (κ3) is 3.31. The van der Waals surface area contributed by atoms with E-state index in [1.165, 1.54) is 24.0 Å². The van der Waals surface area contributed by atoms with Crippen molar-refractivity contribution >= 4 is 11.6 Å². The van der Waals surface area contributed by atoms with E-state index in [0.717, 1.165) is 24.3 Å². The van der Waals surface area contributed by atoms with E-state index in [2.05, 4.69) is 17.4 Å². The van der Waals surface area contributed by atoms with Crippen LogP contribution in [-0.2, 0) is 17.6 Å². The highest BCUT2D eigenvalue weighted by Crippen LogP contribution is 2.32. The number of benzene rings is 1. The molecule has 0 unspecified atom stereocenters. The van der Waals surface area contributed by atoms with Gasteiger partial charge in [-0.25, -0.2) is 0 Å². The number of ether oxygens (including phenoxy) is 1. The lowest BCUT2D eigenvalue weighted by Crippen LogP contribution is -2.23. The normalized spacial score (nSPS) is 15.3. The molecular formula is C16H24N2O2. The second-order valence-electron chi connectivity index (χ2n) is 5.50. The van der Waals surface area contributed by atoms with Crippen LogP contribution in [0.4, 0.5) is 5.69 Å². The lowest BCUT2D eigenvalue weighted by molar-refractivity contribution is -0.119. The monoisotopic (exact) mass is 276 g/mol. The zero-order chi connectivity index (χ0) is 14.5. The van der Waals surface area contributed by atoms with Gasteiger partial charge in [0.1, 0.15) is 5.75 Å². The van der Waals surface area contributed by atoms with Crippen LogP contribution in [0.3, 0.4) is 0 Å². The molecule has 1 aliphatic rings. The first kappa shape index (κ1) is 14.9. The van der Waals surface area contributed by atoms with E-state index in [1.54, 1.807) is 7.11 Å². The van der Waals surface area contributed by atoms with Crippen molar-refractivity contribution in [3.63, 3.8) is 0 Å². The number of fused-ring (bicyclic) bond motifs is 1. The van der Waals surface area contributed by atoms with E-state index >= 15 is 0 Å². The molecular weight excluding hydrogens is 252 g/mol. The van der Waals surface area contributed by atoms with Gasteiger partial charge in [0.25, 0.3) is 0 Å². The molecule has 0 radical (unpaired) electrons. The summed E-state index contributed by atoms with van der Waals surface area (Å²) in [6.07, 6.45) is 5.33. The Morgan fingerprint density at radius 3 is 2.60 bits per heavy atom. The van der Waals surface area contributed by atoms with Crippen molar-refractivity contribution in [3.8, 4) is 5.75 Å². The SMILES string of the molecule is COc1cc2c(cc1NC(=O)[C@@H](C)CCN)CCCC2. The van der Waals surface area contributed by atoms with Crippen LogP contribution in [0, 0.1) is 5.92 Å². The summed E-state index contributed by atoms with van der Waals surface area (Å²) in [7, 11) is 1.64. The van der Waals surface area contributed by atoms with Crippen molar-refractivity contribution in [1.82, 2.24) is 0 Å². The number of carbonyl (C=O) groups is 1. The Kier molecular flexibility index (Phi) is 5.01. The number of amides is 1. The van der Waals surface area contributed by atoms with Gasteiger partial charge in [0, 0.05) is 5.92 Å². The van der Waals surface area contributed by atoms with Gasteiger partial charge in [-0.2, -0.15) is 0 Å². The van der Waals surface area contributed by atoms with Crippen LogP contribution in [0.25, 0.3) is 0 Å². The van der Waals surface area contributed by atoms with E-state index < -0.39 is 0 Å². The summed E-state index contributed by atoms with van der Waals surface area (Å²) in [5, 5.41) is 2.98. The fraction of sp³-hybridized carbons (Fsp3) is 0.562. The zero-order valence-corrected chi connectivity index (χ0v) is 12.4. The molecule has 1 aromatic rings. The van der Waals surface area contributed by atoms with Crippen LogP contribution in [-0.4, -0.2) is 19.6 Å². The second-order valence-corrected chi connectivity index (χ2v) is 5.50. The fourth-order valence-electron chi connectivity index (χ4n) is 2.67. The van der Waals surface area contributed by atoms with Gasteiger partial charge in [-0.05, 0) is 61.9 Å². The summed E-state index contributed by atoms with van der Waals surface area (Å²) >= 11 is 0. The molecule has 0 heterocycles. The Bertz CT molecular complexity index is 486. The molecule has 4 nitrogen and oxygen atoms in total. The lowest BCUT2D eigenvalue weighted by Gasteiger charge is -2.20. The summed E-state index contributed by atoms with van der Waals surface area (Å²) in [6, 6.07) is 4.14. The number of hydrogen-bond acceptors (Lipinski definition) is 3. The molecule has 0 saturated heterocycles. The number of methoxy groups -OCH3 is 1. The molecule has 0 fully saturated rings. The smallest absolute Gasteiger partial charge is 0.227 e. The van der Waals surface area contributed by atoms with Crippen LogP contribution < -0.4 is 15.8 Å². The highest BCUT2D eigenvalue weighted by atomic mass is 16.5. The van der Waals surface area contributed by atoms with Crippen molar-refractivity contribution in [1.29, 1.82) is 0 Å². The van der Waals surface area contributed by atoms with Crippen molar-refractivity contribution < 1.29 is 9.53 Å². The van der Waals surface area contributed by atoms with Crippen molar-refractivity contribution in [3.05, 3.63) is 23.3 Å². The largest absolute Gasteiger partial charge is 0.495 e. The predicted octanol–water partition coefficient (Wildman–Crippen LogP) is 2.50. The number of carbonyl (C=O) groups excluding carboxylic acids is 1. The average Bonchev–Trinajstić information content (AvgIpc) is 2.46. The van der Waals surface area contributed by atoms with E-state index in [4.69, 9.17) is 10.5 Å². The van der Waals surface area contributed by atoms with Gasteiger partial charge >= 0.3 is 0 Å². The summed E-state index contributed by atoms with van der Waals surface area (Å²) in [5.41, 5.74) is 8.96. The minimum absolute atomic E-state index is 0.00418. The van der Waals surface area contributed by atoms with E-state index in [9.17, 15) is 4.79 Å². The van der Waals surface area contributed by atoms with Crippen LogP contribution in [0.15, 0.2) is 12.1 Å². The third-order valence-corrected chi connectivity index (χ3v) is 3.97. The molecule has 1 aliphatic carbocycles. The second kappa shape index (κ2) is 6.75. The molecule has 0 aliphatic heterocycles. The minimum Gasteiger partial charge on any atom is -0.495 e. The van der Waals surface area contributed by atoms with Crippen LogP contribution in [0.2, 0.25) is 0 Å². The lowest BCUT2D eigenvalue weighted by atomic mass is 9.91. The zero-order valence-electron chi connectivity index (χ0n) is 12.4. The summed E-state index contributed by atoms with van der Waals surface area (Å²) in [4.78, 5) is 12.1. The molecule has 1 amide bonds. The average molecular weight is 276 g/mol. The Morgan fingerprint density at radius 1 is 1.35 bits per heavy atom. The molecule has 1 atom stereocenters. The van der Waals surface area contributed by atoms with Crippen molar-refractivity contribution in [2.75, 3.05) is 19.0 Å². The van der Waals surface area contributed by atoms with Crippen molar-refractivity contribution in [2.45, 2.75) is 39.0 Å².